The fourth-order valence-corrected chi connectivity index (χ4v) is 1.92. The molecule has 0 spiro atoms. The molecule has 1 saturated carbocycles. The molecule has 1 aliphatic carbocycles. The second-order valence-electron chi connectivity index (χ2n) is 4.27. The monoisotopic (exact) mass is 221 g/mol. The summed E-state index contributed by atoms with van der Waals surface area (Å²) in [4.78, 5) is 2.35. The molecule has 0 aromatic heterocycles. The van der Waals surface area contributed by atoms with Gasteiger partial charge in [-0.15, -0.1) is 0 Å². The lowest BCUT2D eigenvalue weighted by Crippen LogP contribution is -2.28. The number of hydrogen-bond acceptors (Lipinski definition) is 3. The Morgan fingerprint density at radius 3 is 2.50 bits per heavy atom. The topological polar surface area (TPSA) is 32.7 Å². The third-order valence-electron chi connectivity index (χ3n) is 3.00. The maximum atomic E-state index is 9.01. The molecule has 0 bridgehead atoms. The van der Waals surface area contributed by atoms with E-state index in [1.165, 1.54) is 18.4 Å². The van der Waals surface area contributed by atoms with Crippen molar-refractivity contribution >= 4 is 0 Å². The number of aliphatic hydroxyl groups is 1. The van der Waals surface area contributed by atoms with Crippen molar-refractivity contribution in [1.29, 1.82) is 0 Å². The van der Waals surface area contributed by atoms with Crippen molar-refractivity contribution in [2.75, 3.05) is 20.3 Å². The molecule has 2 rings (SSSR count). The predicted octanol–water partition coefficient (Wildman–Crippen LogP) is 1.65. The van der Waals surface area contributed by atoms with E-state index in [4.69, 9.17) is 9.84 Å². The van der Waals surface area contributed by atoms with Gasteiger partial charge in [-0.25, -0.2) is 0 Å². The van der Waals surface area contributed by atoms with E-state index >= 15 is 0 Å². The first-order valence-corrected chi connectivity index (χ1v) is 5.81. The van der Waals surface area contributed by atoms with Crippen LogP contribution in [0.3, 0.4) is 0 Å². The standard InChI is InChI=1S/C13H19NO2/c1-16-13-6-2-11(3-7-13)10-14(8-9-15)12-4-5-12/h2-3,6-7,12,15H,4-5,8-10H2,1H3. The summed E-state index contributed by atoms with van der Waals surface area (Å²) in [7, 11) is 1.68. The van der Waals surface area contributed by atoms with Gasteiger partial charge in [0.05, 0.1) is 13.7 Å². The molecule has 0 saturated heterocycles. The maximum Gasteiger partial charge on any atom is 0.118 e. The average molecular weight is 221 g/mol. The van der Waals surface area contributed by atoms with Crippen molar-refractivity contribution in [2.24, 2.45) is 0 Å². The van der Waals surface area contributed by atoms with Gasteiger partial charge in [0.25, 0.3) is 0 Å². The number of methoxy groups -OCH3 is 1. The molecular weight excluding hydrogens is 202 g/mol. The zero-order chi connectivity index (χ0) is 11.4. The Hall–Kier alpha value is -1.06. The van der Waals surface area contributed by atoms with E-state index in [0.29, 0.717) is 6.04 Å². The summed E-state index contributed by atoms with van der Waals surface area (Å²) in [5.74, 6) is 0.892. The zero-order valence-corrected chi connectivity index (χ0v) is 9.72. The van der Waals surface area contributed by atoms with Crippen LogP contribution in [0.2, 0.25) is 0 Å². The Labute approximate surface area is 96.6 Å². The largest absolute Gasteiger partial charge is 0.497 e. The minimum absolute atomic E-state index is 0.243. The highest BCUT2D eigenvalue weighted by molar-refractivity contribution is 5.27. The highest BCUT2D eigenvalue weighted by Gasteiger charge is 2.28. The van der Waals surface area contributed by atoms with Gasteiger partial charge in [0.2, 0.25) is 0 Å². The lowest BCUT2D eigenvalue weighted by Gasteiger charge is -2.20. The number of rotatable bonds is 6. The number of hydrogen-bond donors (Lipinski definition) is 1. The van der Waals surface area contributed by atoms with Crippen LogP contribution in [0.15, 0.2) is 24.3 Å². The van der Waals surface area contributed by atoms with Crippen LogP contribution in [0, 0.1) is 0 Å². The van der Waals surface area contributed by atoms with Crippen LogP contribution in [0.5, 0.6) is 5.75 Å². The van der Waals surface area contributed by atoms with E-state index in [-0.39, 0.29) is 6.61 Å². The Morgan fingerprint density at radius 2 is 2.00 bits per heavy atom. The summed E-state index contributed by atoms with van der Waals surface area (Å²) in [6.45, 7) is 1.94. The van der Waals surface area contributed by atoms with Crippen molar-refractivity contribution in [2.45, 2.75) is 25.4 Å². The van der Waals surface area contributed by atoms with Gasteiger partial charge in [-0.1, -0.05) is 12.1 Å². The third-order valence-corrected chi connectivity index (χ3v) is 3.00. The molecule has 3 nitrogen and oxygen atoms in total. The summed E-state index contributed by atoms with van der Waals surface area (Å²) in [5.41, 5.74) is 1.28. The number of aliphatic hydroxyl groups excluding tert-OH is 1. The molecule has 0 unspecified atom stereocenters. The van der Waals surface area contributed by atoms with Crippen molar-refractivity contribution in [3.05, 3.63) is 29.8 Å². The summed E-state index contributed by atoms with van der Waals surface area (Å²) in [6.07, 6.45) is 2.55. The quantitative estimate of drug-likeness (QED) is 0.793. The molecule has 0 amide bonds. The fraction of sp³-hybridized carbons (Fsp3) is 0.538. The Bertz CT molecular complexity index is 319. The van der Waals surface area contributed by atoms with Gasteiger partial charge in [-0.3, -0.25) is 4.90 Å². The molecule has 1 aliphatic rings. The molecule has 1 fully saturated rings. The van der Waals surface area contributed by atoms with Crippen molar-refractivity contribution in [3.8, 4) is 5.75 Å². The zero-order valence-electron chi connectivity index (χ0n) is 9.72. The number of ether oxygens (including phenoxy) is 1. The van der Waals surface area contributed by atoms with Gasteiger partial charge in [0.1, 0.15) is 5.75 Å². The first-order valence-electron chi connectivity index (χ1n) is 5.81. The molecule has 16 heavy (non-hydrogen) atoms. The van der Waals surface area contributed by atoms with Crippen LogP contribution in [0.4, 0.5) is 0 Å². The highest BCUT2D eigenvalue weighted by atomic mass is 16.5. The van der Waals surface area contributed by atoms with E-state index in [2.05, 4.69) is 17.0 Å². The highest BCUT2D eigenvalue weighted by Crippen LogP contribution is 2.28. The van der Waals surface area contributed by atoms with Crippen LogP contribution in [-0.2, 0) is 6.54 Å². The Kier molecular flexibility index (Phi) is 3.80. The second kappa shape index (κ2) is 5.32. The SMILES string of the molecule is COc1ccc(CN(CCO)C2CC2)cc1. The number of benzene rings is 1. The molecule has 0 radical (unpaired) electrons. The van der Waals surface area contributed by atoms with Crippen LogP contribution in [-0.4, -0.2) is 36.3 Å². The summed E-state index contributed by atoms with van der Waals surface area (Å²) < 4.78 is 5.13. The van der Waals surface area contributed by atoms with E-state index in [1.807, 2.05) is 12.1 Å². The predicted molar refractivity (Wildman–Crippen MR) is 63.5 cm³/mol. The minimum Gasteiger partial charge on any atom is -0.497 e. The lowest BCUT2D eigenvalue weighted by atomic mass is 10.2. The van der Waals surface area contributed by atoms with E-state index in [1.54, 1.807) is 7.11 Å². The average Bonchev–Trinajstić information content (AvgIpc) is 3.13. The number of nitrogens with zero attached hydrogens (tertiary/aromatic N) is 1. The Morgan fingerprint density at radius 1 is 1.31 bits per heavy atom. The van der Waals surface area contributed by atoms with E-state index < -0.39 is 0 Å². The summed E-state index contributed by atoms with van der Waals surface area (Å²) >= 11 is 0. The normalized spacial score (nSPS) is 15.4. The molecule has 1 aromatic carbocycles. The van der Waals surface area contributed by atoms with Crippen LogP contribution in [0.25, 0.3) is 0 Å². The molecule has 88 valence electrons. The first-order chi connectivity index (χ1) is 7.83. The smallest absolute Gasteiger partial charge is 0.118 e. The van der Waals surface area contributed by atoms with Crippen LogP contribution >= 0.6 is 0 Å². The molecule has 0 aliphatic heterocycles. The van der Waals surface area contributed by atoms with E-state index in [0.717, 1.165) is 18.8 Å². The van der Waals surface area contributed by atoms with Gasteiger partial charge >= 0.3 is 0 Å². The molecule has 1 N–H and O–H groups in total. The van der Waals surface area contributed by atoms with Crippen LogP contribution in [0.1, 0.15) is 18.4 Å². The summed E-state index contributed by atoms with van der Waals surface area (Å²) in [6, 6.07) is 8.84. The summed E-state index contributed by atoms with van der Waals surface area (Å²) in [5, 5.41) is 9.01. The lowest BCUT2D eigenvalue weighted by molar-refractivity contribution is 0.183. The second-order valence-corrected chi connectivity index (χ2v) is 4.27. The Balaban J connectivity index is 1.94. The minimum atomic E-state index is 0.243. The molecule has 0 atom stereocenters. The van der Waals surface area contributed by atoms with E-state index in [9.17, 15) is 0 Å². The molecule has 3 heteroatoms. The maximum absolute atomic E-state index is 9.01. The van der Waals surface area contributed by atoms with Gasteiger partial charge in [0, 0.05) is 19.1 Å². The molecule has 1 aromatic rings. The van der Waals surface area contributed by atoms with Gasteiger partial charge < -0.3 is 9.84 Å². The molecule has 0 heterocycles. The fourth-order valence-electron chi connectivity index (χ4n) is 1.92. The van der Waals surface area contributed by atoms with Gasteiger partial charge in [0.15, 0.2) is 0 Å². The first kappa shape index (κ1) is 11.4. The van der Waals surface area contributed by atoms with Crippen molar-refractivity contribution in [3.63, 3.8) is 0 Å². The molecular formula is C13H19NO2. The van der Waals surface area contributed by atoms with Gasteiger partial charge in [-0.2, -0.15) is 0 Å². The van der Waals surface area contributed by atoms with Crippen molar-refractivity contribution < 1.29 is 9.84 Å². The third kappa shape index (κ3) is 2.97. The van der Waals surface area contributed by atoms with Crippen LogP contribution < -0.4 is 4.74 Å². The van der Waals surface area contributed by atoms with Gasteiger partial charge in [-0.05, 0) is 30.5 Å². The van der Waals surface area contributed by atoms with Crippen molar-refractivity contribution in [1.82, 2.24) is 4.90 Å².